The topological polar surface area (TPSA) is 61.8 Å². The van der Waals surface area contributed by atoms with Crippen LogP contribution in [0.3, 0.4) is 0 Å². The normalized spacial score (nSPS) is 19.6. The number of aliphatic hydroxyl groups excluding tert-OH is 1. The molecule has 0 bridgehead atoms. The minimum Gasteiger partial charge on any atom is -0.395 e. The number of carbonyl (C=O) groups excluding carboxylic acids is 1. The Hall–Kier alpha value is -0.650. The molecule has 2 N–H and O–H groups in total. The number of likely N-dealkylation sites (tertiary alicyclic amines) is 1. The van der Waals surface area contributed by atoms with Gasteiger partial charge >= 0.3 is 0 Å². The highest BCUT2D eigenvalue weighted by molar-refractivity contribution is 5.81. The van der Waals surface area contributed by atoms with Crippen molar-refractivity contribution in [1.29, 1.82) is 0 Å². The van der Waals surface area contributed by atoms with Crippen LogP contribution in [0.4, 0.5) is 0 Å². The molecule has 0 spiro atoms. The average Bonchev–Trinajstić information content (AvgIpc) is 2.43. The van der Waals surface area contributed by atoms with Gasteiger partial charge in [0.05, 0.1) is 12.6 Å². The number of hydrogen-bond donors (Lipinski definition) is 2. The van der Waals surface area contributed by atoms with Crippen LogP contribution in [0.2, 0.25) is 0 Å². The molecule has 0 radical (unpaired) electrons. The smallest absolute Gasteiger partial charge is 0.239 e. The van der Waals surface area contributed by atoms with Gasteiger partial charge in [-0.25, -0.2) is 0 Å². The second-order valence-electron chi connectivity index (χ2n) is 4.94. The zero-order valence-electron chi connectivity index (χ0n) is 11.5. The fourth-order valence-corrected chi connectivity index (χ4v) is 2.30. The minimum atomic E-state index is -0.239. The van der Waals surface area contributed by atoms with Crippen LogP contribution in [0.1, 0.15) is 32.6 Å². The van der Waals surface area contributed by atoms with Gasteiger partial charge in [0.2, 0.25) is 5.91 Å². The highest BCUT2D eigenvalue weighted by atomic mass is 16.5. The Morgan fingerprint density at radius 2 is 2.06 bits per heavy atom. The molecular formula is C13H26N2O3. The first-order valence-corrected chi connectivity index (χ1v) is 6.83. The summed E-state index contributed by atoms with van der Waals surface area (Å²) in [6.07, 6.45) is 4.14. The van der Waals surface area contributed by atoms with Crippen LogP contribution in [0.15, 0.2) is 0 Å². The predicted molar refractivity (Wildman–Crippen MR) is 70.4 cm³/mol. The number of piperidine rings is 1. The molecule has 18 heavy (non-hydrogen) atoms. The van der Waals surface area contributed by atoms with Crippen LogP contribution in [0, 0.1) is 0 Å². The molecule has 1 aliphatic heterocycles. The first kappa shape index (κ1) is 15.4. The lowest BCUT2D eigenvalue weighted by molar-refractivity contribution is -0.134. The van der Waals surface area contributed by atoms with Crippen molar-refractivity contribution < 1.29 is 14.6 Å². The maximum absolute atomic E-state index is 12.2. The van der Waals surface area contributed by atoms with Crippen molar-refractivity contribution in [3.05, 3.63) is 0 Å². The Kier molecular flexibility index (Phi) is 7.23. The van der Waals surface area contributed by atoms with Gasteiger partial charge in [-0.15, -0.1) is 0 Å². The zero-order chi connectivity index (χ0) is 13.4. The summed E-state index contributed by atoms with van der Waals surface area (Å²) in [4.78, 5) is 14.1. The van der Waals surface area contributed by atoms with Gasteiger partial charge in [-0.2, -0.15) is 0 Å². The number of ether oxygens (including phenoxy) is 1. The molecule has 1 heterocycles. The summed E-state index contributed by atoms with van der Waals surface area (Å²) in [6, 6.07) is -0.314. The molecule has 1 fully saturated rings. The Morgan fingerprint density at radius 3 is 2.61 bits per heavy atom. The fourth-order valence-electron chi connectivity index (χ4n) is 2.30. The van der Waals surface area contributed by atoms with Crippen molar-refractivity contribution in [3.63, 3.8) is 0 Å². The van der Waals surface area contributed by atoms with E-state index in [0.29, 0.717) is 13.0 Å². The van der Waals surface area contributed by atoms with Gasteiger partial charge in [-0.1, -0.05) is 0 Å². The van der Waals surface area contributed by atoms with E-state index >= 15 is 0 Å². The van der Waals surface area contributed by atoms with Crippen LogP contribution in [0.25, 0.3) is 0 Å². The number of nitrogens with zero attached hydrogens (tertiary/aromatic N) is 1. The predicted octanol–water partition coefficient (Wildman–Crippen LogP) is 0.374. The first-order chi connectivity index (χ1) is 8.69. The summed E-state index contributed by atoms with van der Waals surface area (Å²) in [5.41, 5.74) is 0. The summed E-state index contributed by atoms with van der Waals surface area (Å²) >= 11 is 0. The number of rotatable bonds is 7. The van der Waals surface area contributed by atoms with Gasteiger partial charge in [0.15, 0.2) is 0 Å². The van der Waals surface area contributed by atoms with Crippen LogP contribution in [-0.4, -0.2) is 61.4 Å². The number of aliphatic hydroxyl groups is 1. The molecule has 106 valence electrons. The summed E-state index contributed by atoms with van der Waals surface area (Å²) in [5.74, 6) is 0.144. The van der Waals surface area contributed by atoms with E-state index in [1.54, 1.807) is 7.11 Å². The maximum Gasteiger partial charge on any atom is 0.239 e. The number of hydrogen-bond acceptors (Lipinski definition) is 4. The van der Waals surface area contributed by atoms with Crippen molar-refractivity contribution in [3.8, 4) is 0 Å². The second-order valence-corrected chi connectivity index (χ2v) is 4.94. The van der Waals surface area contributed by atoms with Crippen LogP contribution < -0.4 is 5.32 Å². The van der Waals surface area contributed by atoms with E-state index in [1.165, 1.54) is 6.42 Å². The molecule has 1 aliphatic rings. The Balaban J connectivity index is 2.36. The third-order valence-electron chi connectivity index (χ3n) is 3.41. The summed E-state index contributed by atoms with van der Waals surface area (Å²) in [6.45, 7) is 4.22. The second kappa shape index (κ2) is 8.45. The first-order valence-electron chi connectivity index (χ1n) is 6.83. The molecule has 2 atom stereocenters. The van der Waals surface area contributed by atoms with Crippen molar-refractivity contribution in [2.75, 3.05) is 33.4 Å². The number of carbonyl (C=O) groups is 1. The maximum atomic E-state index is 12.2. The molecule has 2 unspecified atom stereocenters. The minimum absolute atomic E-state index is 0.0288. The lowest BCUT2D eigenvalue weighted by Crippen LogP contribution is -2.50. The van der Waals surface area contributed by atoms with E-state index < -0.39 is 0 Å². The number of methoxy groups -OCH3 is 1. The molecule has 0 aliphatic carbocycles. The van der Waals surface area contributed by atoms with Gasteiger partial charge in [0.25, 0.3) is 0 Å². The molecule has 0 aromatic carbocycles. The van der Waals surface area contributed by atoms with Gasteiger partial charge in [0.1, 0.15) is 0 Å². The van der Waals surface area contributed by atoms with Gasteiger partial charge in [-0.05, 0) is 32.6 Å². The molecule has 0 aromatic rings. The van der Waals surface area contributed by atoms with E-state index in [9.17, 15) is 9.90 Å². The van der Waals surface area contributed by atoms with Crippen molar-refractivity contribution in [2.45, 2.75) is 44.7 Å². The summed E-state index contributed by atoms with van der Waals surface area (Å²) in [5, 5.41) is 12.4. The monoisotopic (exact) mass is 258 g/mol. The lowest BCUT2D eigenvalue weighted by atomic mass is 10.1. The molecule has 1 saturated heterocycles. The fraction of sp³-hybridized carbons (Fsp3) is 0.923. The molecule has 0 saturated carbocycles. The average molecular weight is 258 g/mol. The van der Waals surface area contributed by atoms with Crippen molar-refractivity contribution in [2.24, 2.45) is 0 Å². The van der Waals surface area contributed by atoms with Crippen LogP contribution in [-0.2, 0) is 9.53 Å². The Bertz CT molecular complexity index is 242. The molecule has 5 nitrogen and oxygen atoms in total. The lowest BCUT2D eigenvalue weighted by Gasteiger charge is -2.31. The van der Waals surface area contributed by atoms with Gasteiger partial charge in [0, 0.05) is 32.8 Å². The number of amides is 1. The van der Waals surface area contributed by atoms with Gasteiger partial charge < -0.3 is 20.1 Å². The van der Waals surface area contributed by atoms with E-state index in [-0.39, 0.29) is 24.6 Å². The van der Waals surface area contributed by atoms with E-state index in [4.69, 9.17) is 4.74 Å². The van der Waals surface area contributed by atoms with Crippen LogP contribution in [0.5, 0.6) is 0 Å². The number of nitrogens with one attached hydrogen (secondary N) is 1. The van der Waals surface area contributed by atoms with Crippen molar-refractivity contribution in [1.82, 2.24) is 10.2 Å². The Labute approximate surface area is 109 Å². The molecule has 5 heteroatoms. The third-order valence-corrected chi connectivity index (χ3v) is 3.41. The largest absolute Gasteiger partial charge is 0.395 e. The summed E-state index contributed by atoms with van der Waals surface area (Å²) in [7, 11) is 1.64. The SMILES string of the molecule is COCCC(CO)NC(C)C(=O)N1CCCCC1. The van der Waals surface area contributed by atoms with Gasteiger partial charge in [-0.3, -0.25) is 4.79 Å². The zero-order valence-corrected chi connectivity index (χ0v) is 11.5. The quantitative estimate of drug-likeness (QED) is 0.693. The van der Waals surface area contributed by atoms with Crippen LogP contribution >= 0.6 is 0 Å². The molecule has 0 aromatic heterocycles. The standard InChI is InChI=1S/C13H26N2O3/c1-11(14-12(10-16)6-9-18-2)13(17)15-7-4-3-5-8-15/h11-12,14,16H,3-10H2,1-2H3. The molecular weight excluding hydrogens is 232 g/mol. The highest BCUT2D eigenvalue weighted by Crippen LogP contribution is 2.10. The Morgan fingerprint density at radius 1 is 1.39 bits per heavy atom. The molecule has 1 rings (SSSR count). The molecule has 1 amide bonds. The summed E-state index contributed by atoms with van der Waals surface area (Å²) < 4.78 is 4.99. The van der Waals surface area contributed by atoms with E-state index in [2.05, 4.69) is 5.32 Å². The third kappa shape index (κ3) is 4.92. The van der Waals surface area contributed by atoms with Crippen molar-refractivity contribution >= 4 is 5.91 Å². The van der Waals surface area contributed by atoms with E-state index in [0.717, 1.165) is 25.9 Å². The van der Waals surface area contributed by atoms with E-state index in [1.807, 2.05) is 11.8 Å². The highest BCUT2D eigenvalue weighted by Gasteiger charge is 2.23.